The van der Waals surface area contributed by atoms with Crippen molar-refractivity contribution in [3.8, 4) is 17.0 Å². The Morgan fingerprint density at radius 1 is 1.24 bits per heavy atom. The van der Waals surface area contributed by atoms with Crippen LogP contribution < -0.4 is 10.1 Å². The number of amides is 1. The SMILES string of the molecule is CC(C)n1nc(-c2cccc(OC(F)(F)F)c2)c2ncc(C(=O)NC3(C)CS(=O)(=O)C3)cc21. The van der Waals surface area contributed by atoms with E-state index in [-0.39, 0.29) is 28.9 Å². The average molecular weight is 482 g/mol. The first-order chi connectivity index (χ1) is 15.3. The number of rotatable bonds is 5. The molecule has 1 saturated heterocycles. The Bertz CT molecular complexity index is 1340. The summed E-state index contributed by atoms with van der Waals surface area (Å²) in [4.78, 5) is 17.1. The summed E-state index contributed by atoms with van der Waals surface area (Å²) < 4.78 is 66.5. The molecule has 1 fully saturated rings. The van der Waals surface area contributed by atoms with Gasteiger partial charge in [0.25, 0.3) is 5.91 Å². The normalized spacial score (nSPS) is 17.1. The molecule has 2 aromatic heterocycles. The lowest BCUT2D eigenvalue weighted by Crippen LogP contribution is -2.63. The number of aromatic nitrogens is 3. The Kier molecular flexibility index (Phi) is 5.38. The van der Waals surface area contributed by atoms with Gasteiger partial charge in [0, 0.05) is 17.8 Å². The quantitative estimate of drug-likeness (QED) is 0.597. The molecule has 0 unspecified atom stereocenters. The second-order valence-corrected chi connectivity index (χ2v) is 10.7. The monoisotopic (exact) mass is 482 g/mol. The number of benzene rings is 1. The average Bonchev–Trinajstić information content (AvgIpc) is 3.04. The van der Waals surface area contributed by atoms with Crippen molar-refractivity contribution in [3.05, 3.63) is 42.1 Å². The van der Waals surface area contributed by atoms with Gasteiger partial charge in [-0.3, -0.25) is 14.5 Å². The standard InChI is InChI=1S/C21H21F3N4O4S/c1-12(2)28-16-8-14(19(29)26-20(3)10-33(30,31)11-20)9-25-18(16)17(27-28)13-5-4-6-15(7-13)32-21(22,23)24/h4-9,12H,10-11H2,1-3H3,(H,26,29). The molecule has 12 heteroatoms. The molecule has 1 aromatic carbocycles. The van der Waals surface area contributed by atoms with Crippen molar-refractivity contribution in [2.75, 3.05) is 11.5 Å². The zero-order valence-electron chi connectivity index (χ0n) is 18.0. The van der Waals surface area contributed by atoms with Crippen LogP contribution in [-0.4, -0.2) is 52.5 Å². The molecule has 3 aromatic rings. The number of ether oxygens (including phenoxy) is 1. The molecule has 4 rings (SSSR count). The van der Waals surface area contributed by atoms with Gasteiger partial charge < -0.3 is 10.1 Å². The number of nitrogens with one attached hydrogen (secondary N) is 1. The number of hydrogen-bond acceptors (Lipinski definition) is 6. The molecule has 176 valence electrons. The van der Waals surface area contributed by atoms with E-state index in [0.29, 0.717) is 22.3 Å². The van der Waals surface area contributed by atoms with Crippen molar-refractivity contribution in [2.45, 2.75) is 38.7 Å². The number of nitrogens with zero attached hydrogens (tertiary/aromatic N) is 3. The Morgan fingerprint density at radius 2 is 1.94 bits per heavy atom. The van der Waals surface area contributed by atoms with E-state index in [0.717, 1.165) is 0 Å². The van der Waals surface area contributed by atoms with E-state index < -0.39 is 27.6 Å². The largest absolute Gasteiger partial charge is 0.573 e. The Hall–Kier alpha value is -3.15. The number of hydrogen-bond donors (Lipinski definition) is 1. The van der Waals surface area contributed by atoms with Crippen LogP contribution in [-0.2, 0) is 9.84 Å². The molecular weight excluding hydrogens is 461 g/mol. The third-order valence-electron chi connectivity index (χ3n) is 5.13. The molecule has 0 spiro atoms. The highest BCUT2D eigenvalue weighted by Crippen LogP contribution is 2.32. The van der Waals surface area contributed by atoms with Gasteiger partial charge in [0.1, 0.15) is 17.0 Å². The van der Waals surface area contributed by atoms with Gasteiger partial charge in [-0.1, -0.05) is 12.1 Å². The molecule has 0 saturated carbocycles. The van der Waals surface area contributed by atoms with Gasteiger partial charge in [-0.2, -0.15) is 5.10 Å². The molecule has 1 aliphatic heterocycles. The minimum atomic E-state index is -4.82. The van der Waals surface area contributed by atoms with Gasteiger partial charge in [-0.25, -0.2) is 8.42 Å². The first-order valence-electron chi connectivity index (χ1n) is 10.0. The van der Waals surface area contributed by atoms with Crippen LogP contribution in [0.1, 0.15) is 37.2 Å². The molecule has 0 aliphatic carbocycles. The van der Waals surface area contributed by atoms with Crippen LogP contribution in [0.5, 0.6) is 5.75 Å². The molecule has 1 aliphatic rings. The van der Waals surface area contributed by atoms with Crippen molar-refractivity contribution < 1.29 is 31.1 Å². The van der Waals surface area contributed by atoms with E-state index in [9.17, 15) is 26.4 Å². The van der Waals surface area contributed by atoms with Crippen molar-refractivity contribution in [1.29, 1.82) is 0 Å². The summed E-state index contributed by atoms with van der Waals surface area (Å²) >= 11 is 0. The van der Waals surface area contributed by atoms with Crippen molar-refractivity contribution in [1.82, 2.24) is 20.1 Å². The summed E-state index contributed by atoms with van der Waals surface area (Å²) in [6, 6.07) is 6.88. The van der Waals surface area contributed by atoms with Crippen LogP contribution in [0.4, 0.5) is 13.2 Å². The summed E-state index contributed by atoms with van der Waals surface area (Å²) in [5, 5.41) is 7.26. The predicted molar refractivity (Wildman–Crippen MR) is 115 cm³/mol. The lowest BCUT2D eigenvalue weighted by atomic mass is 10.1. The zero-order chi connectivity index (χ0) is 24.2. The molecule has 0 radical (unpaired) electrons. The van der Waals surface area contributed by atoms with E-state index in [4.69, 9.17) is 0 Å². The topological polar surface area (TPSA) is 103 Å². The highest BCUT2D eigenvalue weighted by molar-refractivity contribution is 7.93. The van der Waals surface area contributed by atoms with E-state index in [2.05, 4.69) is 20.1 Å². The molecule has 8 nitrogen and oxygen atoms in total. The van der Waals surface area contributed by atoms with E-state index in [1.165, 1.54) is 24.4 Å². The summed E-state index contributed by atoms with van der Waals surface area (Å²) in [5.41, 5.74) is 1.01. The Morgan fingerprint density at radius 3 is 2.55 bits per heavy atom. The lowest BCUT2D eigenvalue weighted by molar-refractivity contribution is -0.274. The molecule has 0 atom stereocenters. The number of carbonyl (C=O) groups excluding carboxylic acids is 1. The van der Waals surface area contributed by atoms with E-state index in [1.807, 2.05) is 13.8 Å². The highest BCUT2D eigenvalue weighted by Gasteiger charge is 2.45. The maximum atomic E-state index is 12.7. The summed E-state index contributed by atoms with van der Waals surface area (Å²) in [6.45, 7) is 5.39. The van der Waals surface area contributed by atoms with Crippen LogP contribution >= 0.6 is 0 Å². The molecule has 33 heavy (non-hydrogen) atoms. The van der Waals surface area contributed by atoms with Crippen LogP contribution in [0.15, 0.2) is 36.5 Å². The molecule has 1 N–H and O–H groups in total. The molecule has 3 heterocycles. The van der Waals surface area contributed by atoms with Gasteiger partial charge in [-0.05, 0) is 39.0 Å². The van der Waals surface area contributed by atoms with Gasteiger partial charge in [-0.15, -0.1) is 13.2 Å². The first-order valence-corrected chi connectivity index (χ1v) is 11.8. The van der Waals surface area contributed by atoms with E-state index in [1.54, 1.807) is 23.7 Å². The maximum Gasteiger partial charge on any atom is 0.573 e. The smallest absolute Gasteiger partial charge is 0.406 e. The number of halogens is 3. The minimum Gasteiger partial charge on any atom is -0.406 e. The maximum absolute atomic E-state index is 12.7. The number of pyridine rings is 1. The second kappa shape index (κ2) is 7.72. The summed E-state index contributed by atoms with van der Waals surface area (Å²) in [5.74, 6) is -1.12. The van der Waals surface area contributed by atoms with E-state index >= 15 is 0 Å². The third kappa shape index (κ3) is 4.80. The fourth-order valence-electron chi connectivity index (χ4n) is 3.92. The van der Waals surface area contributed by atoms with Gasteiger partial charge in [0.2, 0.25) is 0 Å². The first kappa shape index (κ1) is 23.0. The van der Waals surface area contributed by atoms with Crippen LogP contribution in [0, 0.1) is 0 Å². The summed E-state index contributed by atoms with van der Waals surface area (Å²) in [7, 11) is -3.14. The van der Waals surface area contributed by atoms with Crippen molar-refractivity contribution in [2.24, 2.45) is 0 Å². The number of carbonyl (C=O) groups is 1. The van der Waals surface area contributed by atoms with Gasteiger partial charge in [0.05, 0.1) is 28.1 Å². The van der Waals surface area contributed by atoms with Crippen molar-refractivity contribution in [3.63, 3.8) is 0 Å². The van der Waals surface area contributed by atoms with Crippen LogP contribution in [0.25, 0.3) is 22.3 Å². The number of alkyl halides is 3. The lowest BCUT2D eigenvalue weighted by Gasteiger charge is -2.38. The Balaban J connectivity index is 1.71. The second-order valence-electron chi connectivity index (χ2n) is 8.60. The van der Waals surface area contributed by atoms with Gasteiger partial charge >= 0.3 is 6.36 Å². The highest BCUT2D eigenvalue weighted by atomic mass is 32.2. The minimum absolute atomic E-state index is 0.133. The van der Waals surface area contributed by atoms with Crippen molar-refractivity contribution >= 4 is 26.8 Å². The number of sulfone groups is 1. The molecular formula is C21H21F3N4O4S. The Labute approximate surface area is 187 Å². The summed E-state index contributed by atoms with van der Waals surface area (Å²) in [6.07, 6.45) is -3.49. The predicted octanol–water partition coefficient (Wildman–Crippen LogP) is 3.49. The molecule has 1 amide bonds. The van der Waals surface area contributed by atoms with Crippen LogP contribution in [0.2, 0.25) is 0 Å². The van der Waals surface area contributed by atoms with Crippen LogP contribution in [0.3, 0.4) is 0 Å². The number of fused-ring (bicyclic) bond motifs is 1. The van der Waals surface area contributed by atoms with Gasteiger partial charge in [0.15, 0.2) is 9.84 Å². The molecule has 0 bridgehead atoms. The fourth-order valence-corrected chi connectivity index (χ4v) is 5.92. The third-order valence-corrected chi connectivity index (χ3v) is 7.29. The fraction of sp³-hybridized carbons (Fsp3) is 0.381. The zero-order valence-corrected chi connectivity index (χ0v) is 18.8.